The van der Waals surface area contributed by atoms with Gasteiger partial charge in [0, 0.05) is 44.8 Å². The van der Waals surface area contributed by atoms with Crippen LogP contribution in [0.15, 0.2) is 30.7 Å². The van der Waals surface area contributed by atoms with Crippen molar-refractivity contribution in [2.75, 3.05) is 29.9 Å². The molecule has 0 bridgehead atoms. The molecule has 1 unspecified atom stereocenters. The largest absolute Gasteiger partial charge is 0.472 e. The van der Waals surface area contributed by atoms with E-state index in [4.69, 9.17) is 4.74 Å². The van der Waals surface area contributed by atoms with Crippen LogP contribution in [0.2, 0.25) is 0 Å². The number of rotatable bonds is 5. The zero-order chi connectivity index (χ0) is 16.9. The molecule has 1 aliphatic heterocycles. The lowest BCUT2D eigenvalue weighted by atomic mass is 10.0. The van der Waals surface area contributed by atoms with Gasteiger partial charge in [0.15, 0.2) is 11.6 Å². The second kappa shape index (κ2) is 7.42. The van der Waals surface area contributed by atoms with Gasteiger partial charge >= 0.3 is 0 Å². The molecule has 0 aromatic carbocycles. The predicted molar refractivity (Wildman–Crippen MR) is 93.5 cm³/mol. The highest BCUT2D eigenvalue weighted by atomic mass is 16.5. The van der Waals surface area contributed by atoms with E-state index >= 15 is 0 Å². The van der Waals surface area contributed by atoms with Crippen LogP contribution in [0.25, 0.3) is 0 Å². The molecule has 7 heteroatoms. The number of anilines is 2. The fraction of sp³-hybridized carbons (Fsp3) is 0.529. The Morgan fingerprint density at radius 2 is 2.08 bits per heavy atom. The van der Waals surface area contributed by atoms with Crippen molar-refractivity contribution in [2.24, 2.45) is 0 Å². The Morgan fingerprint density at radius 1 is 1.25 bits per heavy atom. The molecule has 3 heterocycles. The lowest BCUT2D eigenvalue weighted by molar-refractivity contribution is 0.231. The van der Waals surface area contributed by atoms with E-state index in [1.165, 1.54) is 0 Å². The van der Waals surface area contributed by atoms with Gasteiger partial charge in [0.1, 0.15) is 0 Å². The molecular formula is C17H24N6O. The summed E-state index contributed by atoms with van der Waals surface area (Å²) in [5.41, 5.74) is 0. The maximum atomic E-state index is 5.82. The van der Waals surface area contributed by atoms with Crippen molar-refractivity contribution in [3.05, 3.63) is 30.7 Å². The molecule has 0 spiro atoms. The molecule has 128 valence electrons. The molecule has 1 aliphatic rings. The summed E-state index contributed by atoms with van der Waals surface area (Å²) < 4.78 is 5.82. The van der Waals surface area contributed by atoms with E-state index in [1.807, 2.05) is 26.0 Å². The number of ether oxygens (including phenoxy) is 1. The Kier molecular flexibility index (Phi) is 5.08. The minimum Gasteiger partial charge on any atom is -0.472 e. The van der Waals surface area contributed by atoms with Crippen LogP contribution in [0.1, 0.15) is 26.7 Å². The summed E-state index contributed by atoms with van der Waals surface area (Å²) in [6, 6.07) is 4.25. The molecule has 24 heavy (non-hydrogen) atoms. The van der Waals surface area contributed by atoms with E-state index in [1.54, 1.807) is 18.6 Å². The fourth-order valence-corrected chi connectivity index (χ4v) is 2.98. The van der Waals surface area contributed by atoms with Gasteiger partial charge in [-0.3, -0.25) is 0 Å². The van der Waals surface area contributed by atoms with Crippen molar-refractivity contribution in [1.29, 1.82) is 0 Å². The topological polar surface area (TPSA) is 67.3 Å². The van der Waals surface area contributed by atoms with E-state index in [9.17, 15) is 0 Å². The SMILES string of the molecule is CC(C)Oc1nccnc1N(C)C1CCCN(c2cccnn2)C1. The first-order chi connectivity index (χ1) is 11.6. The van der Waals surface area contributed by atoms with E-state index in [0.717, 1.165) is 37.6 Å². The maximum absolute atomic E-state index is 5.82. The third-order valence-corrected chi connectivity index (χ3v) is 4.15. The Labute approximate surface area is 142 Å². The second-order valence-electron chi connectivity index (χ2n) is 6.29. The fourth-order valence-electron chi connectivity index (χ4n) is 2.98. The molecule has 1 fully saturated rings. The first-order valence-electron chi connectivity index (χ1n) is 8.38. The van der Waals surface area contributed by atoms with Gasteiger partial charge in [-0.05, 0) is 38.8 Å². The minimum atomic E-state index is 0.0660. The highest BCUT2D eigenvalue weighted by Crippen LogP contribution is 2.28. The quantitative estimate of drug-likeness (QED) is 0.833. The molecule has 0 radical (unpaired) electrons. The van der Waals surface area contributed by atoms with Crippen LogP contribution >= 0.6 is 0 Å². The molecule has 7 nitrogen and oxygen atoms in total. The van der Waals surface area contributed by atoms with Gasteiger partial charge in [-0.2, -0.15) is 5.10 Å². The van der Waals surface area contributed by atoms with Crippen LogP contribution in [-0.2, 0) is 0 Å². The summed E-state index contributed by atoms with van der Waals surface area (Å²) in [4.78, 5) is 13.3. The zero-order valence-corrected chi connectivity index (χ0v) is 14.5. The van der Waals surface area contributed by atoms with Gasteiger partial charge in [0.05, 0.1) is 6.10 Å². The third kappa shape index (κ3) is 3.72. The molecule has 2 aromatic rings. The van der Waals surface area contributed by atoms with Crippen molar-refractivity contribution in [3.63, 3.8) is 0 Å². The maximum Gasteiger partial charge on any atom is 0.257 e. The van der Waals surface area contributed by atoms with Gasteiger partial charge in [0.25, 0.3) is 5.88 Å². The molecule has 1 saturated heterocycles. The van der Waals surface area contributed by atoms with E-state index in [2.05, 4.69) is 37.0 Å². The number of likely N-dealkylation sites (N-methyl/N-ethyl adjacent to an activating group) is 1. The van der Waals surface area contributed by atoms with Crippen LogP contribution in [-0.4, -0.2) is 52.4 Å². The summed E-state index contributed by atoms with van der Waals surface area (Å²) in [6.45, 7) is 5.87. The van der Waals surface area contributed by atoms with Crippen LogP contribution in [0.4, 0.5) is 11.6 Å². The normalized spacial score (nSPS) is 17.8. The monoisotopic (exact) mass is 328 g/mol. The van der Waals surface area contributed by atoms with Crippen LogP contribution in [0.5, 0.6) is 5.88 Å². The summed E-state index contributed by atoms with van der Waals surface area (Å²) in [5, 5.41) is 8.22. The second-order valence-corrected chi connectivity index (χ2v) is 6.29. The minimum absolute atomic E-state index is 0.0660. The first kappa shape index (κ1) is 16.4. The van der Waals surface area contributed by atoms with Crippen molar-refractivity contribution < 1.29 is 4.74 Å². The Balaban J connectivity index is 1.76. The molecule has 3 rings (SSSR count). The Bertz CT molecular complexity index is 651. The molecule has 0 aliphatic carbocycles. The van der Waals surface area contributed by atoms with Crippen molar-refractivity contribution >= 4 is 11.6 Å². The number of hydrogen-bond acceptors (Lipinski definition) is 7. The van der Waals surface area contributed by atoms with Gasteiger partial charge in [-0.25, -0.2) is 9.97 Å². The average Bonchev–Trinajstić information content (AvgIpc) is 2.62. The molecular weight excluding hydrogens is 304 g/mol. The highest BCUT2D eigenvalue weighted by molar-refractivity contribution is 5.49. The van der Waals surface area contributed by atoms with E-state index < -0.39 is 0 Å². The van der Waals surface area contributed by atoms with E-state index in [0.29, 0.717) is 11.9 Å². The smallest absolute Gasteiger partial charge is 0.257 e. The predicted octanol–water partition coefficient (Wildman–Crippen LogP) is 2.16. The number of aromatic nitrogens is 4. The molecule has 0 amide bonds. The molecule has 1 atom stereocenters. The standard InChI is InChI=1S/C17H24N6O/c1-13(2)24-17-16(18-9-10-19-17)22(3)14-6-5-11-23(12-14)15-7-4-8-20-21-15/h4,7-10,13-14H,5-6,11-12H2,1-3H3. The first-order valence-corrected chi connectivity index (χ1v) is 8.38. The lowest BCUT2D eigenvalue weighted by Gasteiger charge is -2.38. The van der Waals surface area contributed by atoms with Gasteiger partial charge in [-0.15, -0.1) is 5.10 Å². The summed E-state index contributed by atoms with van der Waals surface area (Å²) >= 11 is 0. The number of hydrogen-bond donors (Lipinski definition) is 0. The van der Waals surface area contributed by atoms with Crippen LogP contribution < -0.4 is 14.5 Å². The van der Waals surface area contributed by atoms with Crippen molar-refractivity contribution in [1.82, 2.24) is 20.2 Å². The van der Waals surface area contributed by atoms with Gasteiger partial charge in [0.2, 0.25) is 0 Å². The van der Waals surface area contributed by atoms with Crippen molar-refractivity contribution in [3.8, 4) is 5.88 Å². The van der Waals surface area contributed by atoms with Gasteiger partial charge < -0.3 is 14.5 Å². The average molecular weight is 328 g/mol. The summed E-state index contributed by atoms with van der Waals surface area (Å²) in [7, 11) is 2.06. The van der Waals surface area contributed by atoms with E-state index in [-0.39, 0.29) is 6.10 Å². The van der Waals surface area contributed by atoms with Crippen LogP contribution in [0, 0.1) is 0 Å². The third-order valence-electron chi connectivity index (χ3n) is 4.15. The summed E-state index contributed by atoms with van der Waals surface area (Å²) in [6.07, 6.45) is 7.35. The molecule has 0 N–H and O–H groups in total. The van der Waals surface area contributed by atoms with Gasteiger partial charge in [-0.1, -0.05) is 0 Å². The molecule has 2 aromatic heterocycles. The Morgan fingerprint density at radius 3 is 2.83 bits per heavy atom. The Hall–Kier alpha value is -2.44. The van der Waals surface area contributed by atoms with Crippen molar-refractivity contribution in [2.45, 2.75) is 38.8 Å². The zero-order valence-electron chi connectivity index (χ0n) is 14.5. The van der Waals surface area contributed by atoms with Crippen LogP contribution in [0.3, 0.4) is 0 Å². The molecule has 0 saturated carbocycles. The lowest BCUT2D eigenvalue weighted by Crippen LogP contribution is -2.47. The highest BCUT2D eigenvalue weighted by Gasteiger charge is 2.27. The summed E-state index contributed by atoms with van der Waals surface area (Å²) in [5.74, 6) is 2.30. The number of nitrogens with zero attached hydrogens (tertiary/aromatic N) is 6. The number of piperidine rings is 1.